The lowest BCUT2D eigenvalue weighted by Gasteiger charge is -2.23. The van der Waals surface area contributed by atoms with Crippen LogP contribution in [0.25, 0.3) is 0 Å². The number of ether oxygens (including phenoxy) is 1. The zero-order valence-electron chi connectivity index (χ0n) is 15.8. The van der Waals surface area contributed by atoms with Crippen molar-refractivity contribution in [2.45, 2.75) is 13.8 Å². The SMILES string of the molecule is COc1cccc(/C=N\NC(=O)CN(c2cc(C)ccc2C)S(C)(=O)=O)c1. The minimum absolute atomic E-state index is 0.363. The molecule has 0 heterocycles. The molecule has 7 nitrogen and oxygen atoms in total. The first-order chi connectivity index (χ1) is 12.7. The number of carbonyl (C=O) groups excluding carboxylic acids is 1. The van der Waals surface area contributed by atoms with Crippen LogP contribution in [0.5, 0.6) is 5.75 Å². The molecule has 8 heteroatoms. The van der Waals surface area contributed by atoms with Crippen LogP contribution < -0.4 is 14.5 Å². The maximum absolute atomic E-state index is 12.2. The fourth-order valence-corrected chi connectivity index (χ4v) is 3.34. The average molecular weight is 389 g/mol. The number of carbonyl (C=O) groups is 1. The fourth-order valence-electron chi connectivity index (χ4n) is 2.44. The number of hydrogen-bond acceptors (Lipinski definition) is 5. The van der Waals surface area contributed by atoms with Gasteiger partial charge in [0.15, 0.2) is 0 Å². The largest absolute Gasteiger partial charge is 0.497 e. The van der Waals surface area contributed by atoms with Gasteiger partial charge in [-0.15, -0.1) is 0 Å². The summed E-state index contributed by atoms with van der Waals surface area (Å²) in [5, 5.41) is 3.88. The Morgan fingerprint density at radius 3 is 2.63 bits per heavy atom. The molecule has 0 bridgehead atoms. The van der Waals surface area contributed by atoms with E-state index in [1.54, 1.807) is 44.4 Å². The van der Waals surface area contributed by atoms with Crippen LogP contribution in [-0.2, 0) is 14.8 Å². The number of anilines is 1. The van der Waals surface area contributed by atoms with Crippen LogP contribution >= 0.6 is 0 Å². The van der Waals surface area contributed by atoms with Gasteiger partial charge in [-0.05, 0) is 48.7 Å². The molecule has 2 aromatic rings. The zero-order chi connectivity index (χ0) is 20.0. The fraction of sp³-hybridized carbons (Fsp3) is 0.263. The van der Waals surface area contributed by atoms with Crippen molar-refractivity contribution in [3.63, 3.8) is 0 Å². The third-order valence-corrected chi connectivity index (χ3v) is 4.94. The summed E-state index contributed by atoms with van der Waals surface area (Å²) in [7, 11) is -2.07. The number of sulfonamides is 1. The van der Waals surface area contributed by atoms with Crippen LogP contribution in [0.4, 0.5) is 5.69 Å². The van der Waals surface area contributed by atoms with Crippen molar-refractivity contribution < 1.29 is 17.9 Å². The molecule has 0 saturated carbocycles. The molecule has 0 aliphatic heterocycles. The molecule has 144 valence electrons. The summed E-state index contributed by atoms with van der Waals surface area (Å²) in [6.45, 7) is 3.30. The van der Waals surface area contributed by atoms with E-state index >= 15 is 0 Å². The normalized spacial score (nSPS) is 11.4. The minimum Gasteiger partial charge on any atom is -0.497 e. The van der Waals surface area contributed by atoms with Crippen molar-refractivity contribution in [2.24, 2.45) is 5.10 Å². The van der Waals surface area contributed by atoms with Gasteiger partial charge in [0, 0.05) is 0 Å². The van der Waals surface area contributed by atoms with Gasteiger partial charge in [0.1, 0.15) is 12.3 Å². The second kappa shape index (κ2) is 8.68. The van der Waals surface area contributed by atoms with Gasteiger partial charge >= 0.3 is 0 Å². The van der Waals surface area contributed by atoms with E-state index in [0.29, 0.717) is 11.4 Å². The standard InChI is InChI=1S/C19H23N3O4S/c1-14-8-9-15(2)18(10-14)22(27(4,24)25)13-19(23)21-20-12-16-6-5-7-17(11-16)26-3/h5-12H,13H2,1-4H3,(H,21,23)/b20-12-. The van der Waals surface area contributed by atoms with Crippen molar-refractivity contribution in [1.82, 2.24) is 5.43 Å². The summed E-state index contributed by atoms with van der Waals surface area (Å²) in [5.41, 5.74) is 5.24. The van der Waals surface area contributed by atoms with Crippen molar-refractivity contribution in [1.29, 1.82) is 0 Å². The lowest BCUT2D eigenvalue weighted by molar-refractivity contribution is -0.119. The predicted molar refractivity (Wildman–Crippen MR) is 107 cm³/mol. The lowest BCUT2D eigenvalue weighted by Crippen LogP contribution is -2.39. The van der Waals surface area contributed by atoms with E-state index in [2.05, 4.69) is 10.5 Å². The Morgan fingerprint density at radius 2 is 1.96 bits per heavy atom. The van der Waals surface area contributed by atoms with E-state index in [1.165, 1.54) is 6.21 Å². The molecule has 1 N–H and O–H groups in total. The lowest BCUT2D eigenvalue weighted by atomic mass is 10.1. The highest BCUT2D eigenvalue weighted by molar-refractivity contribution is 7.92. The quantitative estimate of drug-likeness (QED) is 0.581. The van der Waals surface area contributed by atoms with Crippen LogP contribution in [-0.4, -0.2) is 40.4 Å². The third-order valence-electron chi connectivity index (χ3n) is 3.82. The van der Waals surface area contributed by atoms with Crippen molar-refractivity contribution in [3.8, 4) is 5.75 Å². The van der Waals surface area contributed by atoms with Gasteiger partial charge in [0.05, 0.1) is 25.3 Å². The van der Waals surface area contributed by atoms with Crippen molar-refractivity contribution >= 4 is 27.8 Å². The van der Waals surface area contributed by atoms with Crippen LogP contribution in [0.1, 0.15) is 16.7 Å². The molecule has 1 amide bonds. The van der Waals surface area contributed by atoms with Crippen LogP contribution in [0, 0.1) is 13.8 Å². The molecule has 0 saturated heterocycles. The molecular weight excluding hydrogens is 366 g/mol. The smallest absolute Gasteiger partial charge is 0.260 e. The molecule has 0 atom stereocenters. The van der Waals surface area contributed by atoms with Crippen LogP contribution in [0.2, 0.25) is 0 Å². The summed E-state index contributed by atoms with van der Waals surface area (Å²) in [4.78, 5) is 12.2. The topological polar surface area (TPSA) is 88.1 Å². The van der Waals surface area contributed by atoms with Gasteiger partial charge in [-0.25, -0.2) is 13.8 Å². The van der Waals surface area contributed by atoms with Gasteiger partial charge in [0.25, 0.3) is 5.91 Å². The number of benzene rings is 2. The molecular formula is C19H23N3O4S. The molecule has 0 spiro atoms. The summed E-state index contributed by atoms with van der Waals surface area (Å²) < 4.78 is 30.6. The molecule has 27 heavy (non-hydrogen) atoms. The average Bonchev–Trinajstić information content (AvgIpc) is 2.61. The minimum atomic E-state index is -3.63. The van der Waals surface area contributed by atoms with E-state index in [9.17, 15) is 13.2 Å². The van der Waals surface area contributed by atoms with Crippen molar-refractivity contribution in [3.05, 3.63) is 59.2 Å². The maximum Gasteiger partial charge on any atom is 0.260 e. The Bertz CT molecular complexity index is 955. The molecule has 0 aliphatic rings. The molecule has 0 aliphatic carbocycles. The number of nitrogens with one attached hydrogen (secondary N) is 1. The van der Waals surface area contributed by atoms with Gasteiger partial charge in [-0.3, -0.25) is 9.10 Å². The van der Waals surface area contributed by atoms with Crippen molar-refractivity contribution in [2.75, 3.05) is 24.2 Å². The van der Waals surface area contributed by atoms with Gasteiger partial charge in [-0.2, -0.15) is 5.10 Å². The Balaban J connectivity index is 2.12. The van der Waals surface area contributed by atoms with Gasteiger partial charge in [-0.1, -0.05) is 24.3 Å². The summed E-state index contributed by atoms with van der Waals surface area (Å²) >= 11 is 0. The predicted octanol–water partition coefficient (Wildman–Crippen LogP) is 2.23. The van der Waals surface area contributed by atoms with E-state index in [-0.39, 0.29) is 6.54 Å². The molecule has 0 fully saturated rings. The second-order valence-corrected chi connectivity index (χ2v) is 8.04. The first-order valence-corrected chi connectivity index (χ1v) is 10.1. The molecule has 0 aromatic heterocycles. The highest BCUT2D eigenvalue weighted by Crippen LogP contribution is 2.23. The van der Waals surface area contributed by atoms with Crippen LogP contribution in [0.15, 0.2) is 47.6 Å². The number of amides is 1. The maximum atomic E-state index is 12.2. The number of hydrazone groups is 1. The number of hydrogen-bond donors (Lipinski definition) is 1. The van der Waals surface area contributed by atoms with E-state index < -0.39 is 15.9 Å². The highest BCUT2D eigenvalue weighted by atomic mass is 32.2. The monoisotopic (exact) mass is 389 g/mol. The number of rotatable bonds is 7. The highest BCUT2D eigenvalue weighted by Gasteiger charge is 2.22. The Morgan fingerprint density at radius 1 is 1.22 bits per heavy atom. The number of aryl methyl sites for hydroxylation is 2. The van der Waals surface area contributed by atoms with E-state index in [4.69, 9.17) is 4.74 Å². The van der Waals surface area contributed by atoms with E-state index in [0.717, 1.165) is 27.3 Å². The van der Waals surface area contributed by atoms with Gasteiger partial charge < -0.3 is 4.74 Å². The molecule has 2 aromatic carbocycles. The summed E-state index contributed by atoms with van der Waals surface area (Å²) in [5.74, 6) is 0.129. The van der Waals surface area contributed by atoms with Gasteiger partial charge in [0.2, 0.25) is 10.0 Å². The summed E-state index contributed by atoms with van der Waals surface area (Å²) in [6, 6.07) is 12.6. The van der Waals surface area contributed by atoms with Crippen LogP contribution in [0.3, 0.4) is 0 Å². The Hall–Kier alpha value is -2.87. The molecule has 2 rings (SSSR count). The molecule has 0 radical (unpaired) electrons. The molecule has 0 unspecified atom stereocenters. The zero-order valence-corrected chi connectivity index (χ0v) is 16.6. The number of nitrogens with zero attached hydrogens (tertiary/aromatic N) is 2. The first-order valence-electron chi connectivity index (χ1n) is 8.21. The summed E-state index contributed by atoms with van der Waals surface area (Å²) in [6.07, 6.45) is 2.53. The first kappa shape index (κ1) is 20.4. The van der Waals surface area contributed by atoms with E-state index in [1.807, 2.05) is 19.1 Å². The Kier molecular flexibility index (Phi) is 6.57. The number of methoxy groups -OCH3 is 1. The Labute approximate surface area is 159 Å². The second-order valence-electron chi connectivity index (χ2n) is 6.13. The third kappa shape index (κ3) is 5.82.